The van der Waals surface area contributed by atoms with Crippen molar-refractivity contribution in [1.29, 1.82) is 0 Å². The third-order valence-electron chi connectivity index (χ3n) is 4.30. The molecule has 28 heavy (non-hydrogen) atoms. The SMILES string of the molecule is COc1ccc(CCNc2ccnc(Nc3cc(C)cc(C)c3)n2)cc1OC. The molecule has 0 aliphatic rings. The van der Waals surface area contributed by atoms with Gasteiger partial charge >= 0.3 is 0 Å². The Kier molecular flexibility index (Phi) is 6.32. The number of benzene rings is 2. The van der Waals surface area contributed by atoms with Crippen molar-refractivity contribution in [2.24, 2.45) is 0 Å². The van der Waals surface area contributed by atoms with Crippen molar-refractivity contribution in [3.63, 3.8) is 0 Å². The second kappa shape index (κ2) is 9.08. The van der Waals surface area contributed by atoms with Gasteiger partial charge in [-0.25, -0.2) is 4.98 Å². The van der Waals surface area contributed by atoms with Crippen molar-refractivity contribution in [1.82, 2.24) is 9.97 Å². The van der Waals surface area contributed by atoms with Crippen LogP contribution in [-0.4, -0.2) is 30.7 Å². The summed E-state index contributed by atoms with van der Waals surface area (Å²) in [4.78, 5) is 8.85. The van der Waals surface area contributed by atoms with E-state index >= 15 is 0 Å². The quantitative estimate of drug-likeness (QED) is 0.601. The third kappa shape index (κ3) is 5.13. The molecule has 0 unspecified atom stereocenters. The van der Waals surface area contributed by atoms with Crippen LogP contribution in [0.4, 0.5) is 17.5 Å². The summed E-state index contributed by atoms with van der Waals surface area (Å²) in [6.07, 6.45) is 2.58. The monoisotopic (exact) mass is 378 g/mol. The van der Waals surface area contributed by atoms with Crippen LogP contribution in [0.5, 0.6) is 11.5 Å². The number of ether oxygens (including phenoxy) is 2. The Morgan fingerprint density at radius 3 is 2.36 bits per heavy atom. The molecule has 0 bridgehead atoms. The highest BCUT2D eigenvalue weighted by molar-refractivity contribution is 5.57. The van der Waals surface area contributed by atoms with Gasteiger partial charge in [0.25, 0.3) is 0 Å². The van der Waals surface area contributed by atoms with Gasteiger partial charge in [0, 0.05) is 18.4 Å². The van der Waals surface area contributed by atoms with Crippen LogP contribution in [-0.2, 0) is 6.42 Å². The summed E-state index contributed by atoms with van der Waals surface area (Å²) in [5.74, 6) is 2.82. The number of hydrogen-bond donors (Lipinski definition) is 2. The van der Waals surface area contributed by atoms with Crippen LogP contribution in [0, 0.1) is 13.8 Å². The normalized spacial score (nSPS) is 10.4. The number of hydrogen-bond acceptors (Lipinski definition) is 6. The van der Waals surface area contributed by atoms with Crippen molar-refractivity contribution >= 4 is 17.5 Å². The van der Waals surface area contributed by atoms with Gasteiger partial charge in [-0.05, 0) is 67.3 Å². The van der Waals surface area contributed by atoms with Gasteiger partial charge in [-0.1, -0.05) is 12.1 Å². The first kappa shape index (κ1) is 19.5. The van der Waals surface area contributed by atoms with Gasteiger partial charge in [0.15, 0.2) is 11.5 Å². The minimum Gasteiger partial charge on any atom is -0.493 e. The van der Waals surface area contributed by atoms with E-state index in [0.717, 1.165) is 41.5 Å². The van der Waals surface area contributed by atoms with Crippen LogP contribution in [0.15, 0.2) is 48.7 Å². The lowest BCUT2D eigenvalue weighted by Gasteiger charge is -2.11. The van der Waals surface area contributed by atoms with Gasteiger partial charge in [0.05, 0.1) is 14.2 Å². The van der Waals surface area contributed by atoms with Crippen LogP contribution in [0.3, 0.4) is 0 Å². The summed E-state index contributed by atoms with van der Waals surface area (Å²) in [6.45, 7) is 4.89. The van der Waals surface area contributed by atoms with E-state index in [-0.39, 0.29) is 0 Å². The molecule has 0 amide bonds. The van der Waals surface area contributed by atoms with Gasteiger partial charge in [0.1, 0.15) is 5.82 Å². The Morgan fingerprint density at radius 1 is 0.893 bits per heavy atom. The van der Waals surface area contributed by atoms with Crippen LogP contribution in [0.2, 0.25) is 0 Å². The van der Waals surface area contributed by atoms with Gasteiger partial charge in [-0.3, -0.25) is 0 Å². The molecule has 3 rings (SSSR count). The third-order valence-corrected chi connectivity index (χ3v) is 4.30. The first-order valence-electron chi connectivity index (χ1n) is 9.20. The number of rotatable bonds is 8. The first-order chi connectivity index (χ1) is 13.6. The molecule has 0 fully saturated rings. The van der Waals surface area contributed by atoms with E-state index in [1.165, 1.54) is 11.1 Å². The molecule has 0 aliphatic heterocycles. The van der Waals surface area contributed by atoms with Crippen LogP contribution >= 0.6 is 0 Å². The maximum Gasteiger partial charge on any atom is 0.229 e. The molecule has 3 aromatic rings. The van der Waals surface area contributed by atoms with Crippen molar-refractivity contribution in [2.75, 3.05) is 31.4 Å². The predicted octanol–water partition coefficient (Wildman–Crippen LogP) is 4.51. The second-order valence-corrected chi connectivity index (χ2v) is 6.63. The van der Waals surface area contributed by atoms with Gasteiger partial charge in [-0.15, -0.1) is 0 Å². The smallest absolute Gasteiger partial charge is 0.229 e. The number of anilines is 3. The number of aromatic nitrogens is 2. The summed E-state index contributed by atoms with van der Waals surface area (Å²) in [5, 5.41) is 6.61. The van der Waals surface area contributed by atoms with Crippen molar-refractivity contribution < 1.29 is 9.47 Å². The average Bonchev–Trinajstić information content (AvgIpc) is 2.67. The van der Waals surface area contributed by atoms with E-state index in [4.69, 9.17) is 9.47 Å². The summed E-state index contributed by atoms with van der Waals surface area (Å²) >= 11 is 0. The predicted molar refractivity (Wildman–Crippen MR) is 113 cm³/mol. The molecule has 0 aliphatic carbocycles. The summed E-state index contributed by atoms with van der Waals surface area (Å²) in [6, 6.07) is 14.1. The molecule has 6 nitrogen and oxygen atoms in total. The number of aryl methyl sites for hydroxylation is 2. The highest BCUT2D eigenvalue weighted by Gasteiger charge is 2.05. The lowest BCUT2D eigenvalue weighted by atomic mass is 10.1. The van der Waals surface area contributed by atoms with Crippen molar-refractivity contribution in [2.45, 2.75) is 20.3 Å². The molecule has 0 atom stereocenters. The van der Waals surface area contributed by atoms with Gasteiger partial charge in [-0.2, -0.15) is 4.98 Å². The Hall–Kier alpha value is -3.28. The average molecular weight is 378 g/mol. The molecular formula is C22H26N4O2. The summed E-state index contributed by atoms with van der Waals surface area (Å²) in [5.41, 5.74) is 4.55. The highest BCUT2D eigenvalue weighted by atomic mass is 16.5. The van der Waals surface area contributed by atoms with Crippen molar-refractivity contribution in [3.05, 3.63) is 65.4 Å². The Balaban J connectivity index is 1.60. The zero-order chi connectivity index (χ0) is 19.9. The Bertz CT molecular complexity index is 923. The van der Waals surface area contributed by atoms with E-state index in [9.17, 15) is 0 Å². The molecule has 6 heteroatoms. The topological polar surface area (TPSA) is 68.3 Å². The van der Waals surface area contributed by atoms with E-state index in [0.29, 0.717) is 5.95 Å². The molecule has 1 aromatic heterocycles. The molecule has 0 saturated heterocycles. The number of nitrogens with one attached hydrogen (secondary N) is 2. The molecular weight excluding hydrogens is 352 g/mol. The van der Waals surface area contributed by atoms with Gasteiger partial charge < -0.3 is 20.1 Å². The molecule has 2 N–H and O–H groups in total. The lowest BCUT2D eigenvalue weighted by molar-refractivity contribution is 0.354. The van der Waals surface area contributed by atoms with E-state index < -0.39 is 0 Å². The number of nitrogens with zero attached hydrogens (tertiary/aromatic N) is 2. The number of methoxy groups -OCH3 is 2. The largest absolute Gasteiger partial charge is 0.493 e. The van der Waals surface area contributed by atoms with E-state index in [1.807, 2.05) is 24.3 Å². The molecule has 0 radical (unpaired) electrons. The second-order valence-electron chi connectivity index (χ2n) is 6.63. The lowest BCUT2D eigenvalue weighted by Crippen LogP contribution is -2.08. The fourth-order valence-electron chi connectivity index (χ4n) is 3.06. The Morgan fingerprint density at radius 2 is 1.64 bits per heavy atom. The van der Waals surface area contributed by atoms with Crippen LogP contribution < -0.4 is 20.1 Å². The molecule has 146 valence electrons. The van der Waals surface area contributed by atoms with E-state index in [1.54, 1.807) is 20.4 Å². The summed E-state index contributed by atoms with van der Waals surface area (Å²) in [7, 11) is 3.28. The summed E-state index contributed by atoms with van der Waals surface area (Å²) < 4.78 is 10.6. The van der Waals surface area contributed by atoms with Crippen LogP contribution in [0.1, 0.15) is 16.7 Å². The standard InChI is InChI=1S/C22H26N4O2/c1-15-11-16(2)13-18(12-15)25-22-24-10-8-21(26-22)23-9-7-17-5-6-19(27-3)20(14-17)28-4/h5-6,8,10-14H,7,9H2,1-4H3,(H2,23,24,25,26). The maximum atomic E-state index is 5.36. The fraction of sp³-hybridized carbons (Fsp3) is 0.273. The minimum absolute atomic E-state index is 0.570. The maximum absolute atomic E-state index is 5.36. The zero-order valence-electron chi connectivity index (χ0n) is 16.7. The molecule has 1 heterocycles. The fourth-order valence-corrected chi connectivity index (χ4v) is 3.06. The molecule has 0 saturated carbocycles. The first-order valence-corrected chi connectivity index (χ1v) is 9.20. The zero-order valence-corrected chi connectivity index (χ0v) is 16.7. The highest BCUT2D eigenvalue weighted by Crippen LogP contribution is 2.27. The minimum atomic E-state index is 0.570. The Labute approximate surface area is 166 Å². The van der Waals surface area contributed by atoms with E-state index in [2.05, 4.69) is 52.6 Å². The van der Waals surface area contributed by atoms with Gasteiger partial charge in [0.2, 0.25) is 5.95 Å². The molecule has 0 spiro atoms. The van der Waals surface area contributed by atoms with Crippen molar-refractivity contribution in [3.8, 4) is 11.5 Å². The van der Waals surface area contributed by atoms with Crippen LogP contribution in [0.25, 0.3) is 0 Å². The molecule has 2 aromatic carbocycles.